The van der Waals surface area contributed by atoms with Crippen molar-refractivity contribution in [2.45, 2.75) is 37.4 Å². The molecule has 11 heteroatoms. The molecule has 10 nitrogen and oxygen atoms in total. The highest BCUT2D eigenvalue weighted by molar-refractivity contribution is 6.00. The van der Waals surface area contributed by atoms with Crippen LogP contribution in [0.15, 0.2) is 31.0 Å². The molecule has 3 N–H and O–H groups in total. The van der Waals surface area contributed by atoms with Gasteiger partial charge in [0.1, 0.15) is 17.2 Å². The van der Waals surface area contributed by atoms with Crippen LogP contribution in [0.3, 0.4) is 0 Å². The van der Waals surface area contributed by atoms with E-state index in [1.807, 2.05) is 4.68 Å². The summed E-state index contributed by atoms with van der Waals surface area (Å²) in [5.41, 5.74) is 6.95. The first-order valence-corrected chi connectivity index (χ1v) is 12.1. The zero-order valence-corrected chi connectivity index (χ0v) is 20.7. The fraction of sp³-hybridized carbons (Fsp3) is 0.385. The molecule has 2 amide bonds. The number of hydrogen-bond acceptors (Lipinski definition) is 6. The molecule has 0 unspecified atom stereocenters. The molecule has 0 bridgehead atoms. The van der Waals surface area contributed by atoms with Crippen molar-refractivity contribution >= 4 is 28.5 Å². The fourth-order valence-corrected chi connectivity index (χ4v) is 5.02. The molecule has 1 aliphatic carbocycles. The topological polar surface area (TPSA) is 120 Å². The highest BCUT2D eigenvalue weighted by Gasteiger charge is 2.38. The third-order valence-corrected chi connectivity index (χ3v) is 6.88. The van der Waals surface area contributed by atoms with Crippen LogP contribution >= 0.6 is 0 Å². The number of nitrogens with two attached hydrogens (primary N) is 1. The van der Waals surface area contributed by atoms with E-state index < -0.39 is 11.7 Å². The smallest absolute Gasteiger partial charge is 0.255 e. The molecular formula is C26H28FN7O3. The van der Waals surface area contributed by atoms with E-state index in [9.17, 15) is 14.0 Å². The summed E-state index contributed by atoms with van der Waals surface area (Å²) in [6, 6.07) is 2.96. The first-order valence-electron chi connectivity index (χ1n) is 12.1. The van der Waals surface area contributed by atoms with Gasteiger partial charge in [-0.2, -0.15) is 10.2 Å². The van der Waals surface area contributed by atoms with Crippen molar-refractivity contribution in [2.75, 3.05) is 32.6 Å². The van der Waals surface area contributed by atoms with Crippen molar-refractivity contribution < 1.29 is 18.7 Å². The number of hydrogen-bond donors (Lipinski definition) is 2. The highest BCUT2D eigenvalue weighted by Crippen LogP contribution is 2.37. The van der Waals surface area contributed by atoms with Crippen LogP contribution in [-0.4, -0.2) is 69.6 Å². The van der Waals surface area contributed by atoms with Crippen molar-refractivity contribution in [1.82, 2.24) is 24.5 Å². The number of anilines is 1. The average Bonchev–Trinajstić information content (AvgIpc) is 3.33. The van der Waals surface area contributed by atoms with Crippen molar-refractivity contribution in [3.8, 4) is 11.8 Å². The molecule has 2 fully saturated rings. The quantitative estimate of drug-likeness (QED) is 0.375. The minimum atomic E-state index is -0.717. The Hall–Kier alpha value is -4.17. The maximum absolute atomic E-state index is 14.8. The van der Waals surface area contributed by atoms with E-state index in [-0.39, 0.29) is 34.8 Å². The summed E-state index contributed by atoms with van der Waals surface area (Å²) in [6.07, 6.45) is 5.52. The normalized spacial score (nSPS) is 19.1. The van der Waals surface area contributed by atoms with E-state index in [4.69, 9.17) is 10.5 Å². The molecule has 3 aromatic rings. The second-order valence-corrected chi connectivity index (χ2v) is 9.25. The minimum absolute atomic E-state index is 0.105. The van der Waals surface area contributed by atoms with E-state index in [0.29, 0.717) is 36.8 Å². The Bertz CT molecular complexity index is 1460. The maximum atomic E-state index is 14.8. The highest BCUT2D eigenvalue weighted by atomic mass is 19.1. The SMILES string of the molecule is C=CC(=O)N1C[C@@H](n2nc(C#Cc3c(F)ccc4c3cnn4C3CC3)c(C(N)=O)c2NC)C[C@@H]1COC. The lowest BCUT2D eigenvalue weighted by Gasteiger charge is -2.22. The van der Waals surface area contributed by atoms with Gasteiger partial charge in [0.25, 0.3) is 5.91 Å². The Morgan fingerprint density at radius 3 is 2.73 bits per heavy atom. The predicted octanol–water partition coefficient (Wildman–Crippen LogP) is 2.22. The molecule has 2 atom stereocenters. The van der Waals surface area contributed by atoms with Gasteiger partial charge in [-0.05, 0) is 43.4 Å². The van der Waals surface area contributed by atoms with Crippen LogP contribution < -0.4 is 11.1 Å². The van der Waals surface area contributed by atoms with Crippen LogP contribution in [0.4, 0.5) is 10.2 Å². The molecule has 192 valence electrons. The van der Waals surface area contributed by atoms with E-state index in [2.05, 4.69) is 33.9 Å². The Labute approximate surface area is 213 Å². The number of amides is 2. The van der Waals surface area contributed by atoms with E-state index in [1.165, 1.54) is 12.1 Å². The van der Waals surface area contributed by atoms with E-state index in [1.54, 1.807) is 36.0 Å². The molecule has 5 rings (SSSR count). The first-order chi connectivity index (χ1) is 17.9. The lowest BCUT2D eigenvalue weighted by molar-refractivity contribution is -0.127. The van der Waals surface area contributed by atoms with Crippen molar-refractivity contribution in [3.05, 3.63) is 53.6 Å². The number of methoxy groups -OCH3 is 1. The van der Waals surface area contributed by atoms with Gasteiger partial charge < -0.3 is 20.7 Å². The summed E-state index contributed by atoms with van der Waals surface area (Å²) >= 11 is 0. The molecule has 1 saturated heterocycles. The lowest BCUT2D eigenvalue weighted by atomic mass is 10.1. The third kappa shape index (κ3) is 4.34. The average molecular weight is 506 g/mol. The zero-order chi connectivity index (χ0) is 26.3. The number of likely N-dealkylation sites (tertiary alicyclic amines) is 1. The van der Waals surface area contributed by atoms with Gasteiger partial charge in [0, 0.05) is 26.1 Å². The Morgan fingerprint density at radius 1 is 1.30 bits per heavy atom. The molecule has 1 saturated carbocycles. The standard InChI is InChI=1S/C26H28FN7O3/c1-4-23(35)32-13-16(11-17(32)14-37-3)34-26(29-2)24(25(28)36)21(31-34)9-7-18-19-12-30-33(15-5-6-15)22(19)10-8-20(18)27/h4,8,10,12,15-17,29H,1,5-6,11,13-14H2,2-3H3,(H2,28,36)/t16-,17+/m0/s1. The number of nitrogens with one attached hydrogen (secondary N) is 1. The molecular weight excluding hydrogens is 477 g/mol. The number of fused-ring (bicyclic) bond motifs is 1. The molecule has 2 aliphatic rings. The number of nitrogens with zero attached hydrogens (tertiary/aromatic N) is 5. The number of benzene rings is 1. The summed E-state index contributed by atoms with van der Waals surface area (Å²) in [5, 5.41) is 12.6. The van der Waals surface area contributed by atoms with Gasteiger partial charge in [-0.15, -0.1) is 0 Å². The predicted molar refractivity (Wildman–Crippen MR) is 135 cm³/mol. The summed E-state index contributed by atoms with van der Waals surface area (Å²) in [6.45, 7) is 4.27. The molecule has 3 heterocycles. The van der Waals surface area contributed by atoms with Gasteiger partial charge in [-0.3, -0.25) is 14.3 Å². The van der Waals surface area contributed by atoms with E-state index >= 15 is 0 Å². The van der Waals surface area contributed by atoms with Crippen LogP contribution in [0.2, 0.25) is 0 Å². The number of rotatable bonds is 7. The second-order valence-electron chi connectivity index (χ2n) is 9.25. The number of primary amides is 1. The van der Waals surface area contributed by atoms with Crippen LogP contribution in [0.25, 0.3) is 10.9 Å². The summed E-state index contributed by atoms with van der Waals surface area (Å²) in [5.74, 6) is 4.71. The first kappa shape index (κ1) is 24.5. The minimum Gasteiger partial charge on any atom is -0.383 e. The lowest BCUT2D eigenvalue weighted by Crippen LogP contribution is -2.37. The molecule has 0 radical (unpaired) electrons. The number of carbonyl (C=O) groups is 2. The van der Waals surface area contributed by atoms with Gasteiger partial charge >= 0.3 is 0 Å². The summed E-state index contributed by atoms with van der Waals surface area (Å²) < 4.78 is 23.7. The zero-order valence-electron chi connectivity index (χ0n) is 20.7. The van der Waals surface area contributed by atoms with Crippen molar-refractivity contribution in [2.24, 2.45) is 5.73 Å². The van der Waals surface area contributed by atoms with Crippen LogP contribution in [-0.2, 0) is 9.53 Å². The van der Waals surface area contributed by atoms with Crippen LogP contribution in [0.1, 0.15) is 53.0 Å². The summed E-state index contributed by atoms with van der Waals surface area (Å²) in [7, 11) is 3.22. The van der Waals surface area contributed by atoms with E-state index in [0.717, 1.165) is 18.4 Å². The number of halogens is 1. The number of carbonyl (C=O) groups excluding carboxylic acids is 2. The van der Waals surface area contributed by atoms with Gasteiger partial charge in [0.15, 0.2) is 5.69 Å². The number of aromatic nitrogens is 4. The molecule has 1 aromatic carbocycles. The van der Waals surface area contributed by atoms with Crippen molar-refractivity contribution in [1.29, 1.82) is 0 Å². The van der Waals surface area contributed by atoms with Gasteiger partial charge in [0.05, 0.1) is 42.0 Å². The van der Waals surface area contributed by atoms with Gasteiger partial charge in [-0.1, -0.05) is 12.5 Å². The molecule has 2 aromatic heterocycles. The Morgan fingerprint density at radius 2 is 2.08 bits per heavy atom. The third-order valence-electron chi connectivity index (χ3n) is 6.88. The van der Waals surface area contributed by atoms with Crippen molar-refractivity contribution in [3.63, 3.8) is 0 Å². The Balaban J connectivity index is 1.56. The molecule has 1 aliphatic heterocycles. The van der Waals surface area contributed by atoms with Gasteiger partial charge in [-0.25, -0.2) is 9.07 Å². The number of ether oxygens (including phenoxy) is 1. The van der Waals surface area contributed by atoms with Crippen LogP contribution in [0.5, 0.6) is 0 Å². The summed E-state index contributed by atoms with van der Waals surface area (Å²) in [4.78, 5) is 26.6. The Kier molecular flexibility index (Phi) is 6.43. The van der Waals surface area contributed by atoms with Crippen LogP contribution in [0, 0.1) is 17.7 Å². The largest absolute Gasteiger partial charge is 0.383 e. The molecule has 37 heavy (non-hydrogen) atoms. The second kappa shape index (κ2) is 9.71. The van der Waals surface area contributed by atoms with Gasteiger partial charge in [0.2, 0.25) is 5.91 Å². The maximum Gasteiger partial charge on any atom is 0.255 e. The monoisotopic (exact) mass is 505 g/mol. The molecule has 0 spiro atoms. The fourth-order valence-electron chi connectivity index (χ4n) is 5.02.